The highest BCUT2D eigenvalue weighted by Crippen LogP contribution is 2.24. The van der Waals surface area contributed by atoms with Gasteiger partial charge in [0.05, 0.1) is 7.11 Å². The van der Waals surface area contributed by atoms with Gasteiger partial charge in [-0.15, -0.1) is 0 Å². The first-order valence-electron chi connectivity index (χ1n) is 9.20. The molecule has 2 aromatic rings. The van der Waals surface area contributed by atoms with E-state index in [0.717, 1.165) is 19.4 Å². The Bertz CT molecular complexity index is 622. The van der Waals surface area contributed by atoms with Crippen LogP contribution in [-0.2, 0) is 9.53 Å². The Balaban J connectivity index is 1.97. The summed E-state index contributed by atoms with van der Waals surface area (Å²) in [6.07, 6.45) is 4.76. The van der Waals surface area contributed by atoms with Crippen molar-refractivity contribution < 1.29 is 9.53 Å². The van der Waals surface area contributed by atoms with Crippen molar-refractivity contribution in [2.45, 2.75) is 45.1 Å². The van der Waals surface area contributed by atoms with E-state index in [1.165, 1.54) is 36.6 Å². The summed E-state index contributed by atoms with van der Waals surface area (Å²) < 4.78 is 4.70. The van der Waals surface area contributed by atoms with E-state index in [0.29, 0.717) is 12.5 Å². The second-order valence-corrected chi connectivity index (χ2v) is 6.32. The van der Waals surface area contributed by atoms with Crippen molar-refractivity contribution in [2.75, 3.05) is 13.7 Å². The number of hydrogen-bond donors (Lipinski definition) is 1. The lowest BCUT2D eigenvalue weighted by Crippen LogP contribution is -2.23. The monoisotopic (exact) mass is 339 g/mol. The van der Waals surface area contributed by atoms with Crippen LogP contribution in [0.25, 0.3) is 11.1 Å². The Hall–Kier alpha value is -2.13. The van der Waals surface area contributed by atoms with Crippen LogP contribution >= 0.6 is 0 Å². The van der Waals surface area contributed by atoms with E-state index in [-0.39, 0.29) is 5.97 Å². The molecule has 0 radical (unpaired) electrons. The molecule has 25 heavy (non-hydrogen) atoms. The van der Waals surface area contributed by atoms with E-state index in [4.69, 9.17) is 4.74 Å². The number of esters is 1. The van der Waals surface area contributed by atoms with Gasteiger partial charge in [-0.1, -0.05) is 74.4 Å². The molecule has 0 aliphatic rings. The van der Waals surface area contributed by atoms with E-state index in [1.807, 2.05) is 6.07 Å². The third kappa shape index (κ3) is 6.35. The first-order chi connectivity index (χ1) is 12.2. The average molecular weight is 339 g/mol. The topological polar surface area (TPSA) is 38.3 Å². The molecule has 134 valence electrons. The van der Waals surface area contributed by atoms with Crippen LogP contribution in [0.1, 0.15) is 50.6 Å². The van der Waals surface area contributed by atoms with Gasteiger partial charge in [0.15, 0.2) is 0 Å². The van der Waals surface area contributed by atoms with Crippen molar-refractivity contribution in [3.63, 3.8) is 0 Å². The molecule has 0 bridgehead atoms. The Kier molecular flexibility index (Phi) is 8.20. The second kappa shape index (κ2) is 10.7. The lowest BCUT2D eigenvalue weighted by atomic mass is 9.97. The number of ether oxygens (including phenoxy) is 1. The highest BCUT2D eigenvalue weighted by molar-refractivity contribution is 5.69. The number of carbonyl (C=O) groups excluding carboxylic acids is 1. The molecule has 1 atom stereocenters. The molecule has 0 aliphatic heterocycles. The van der Waals surface area contributed by atoms with E-state index >= 15 is 0 Å². The molecular formula is C22H29NO2. The summed E-state index contributed by atoms with van der Waals surface area (Å²) in [4.78, 5) is 11.2. The Morgan fingerprint density at radius 3 is 2.32 bits per heavy atom. The van der Waals surface area contributed by atoms with Crippen LogP contribution in [-0.4, -0.2) is 19.6 Å². The smallest absolute Gasteiger partial charge is 0.305 e. The lowest BCUT2D eigenvalue weighted by molar-refractivity contribution is -0.140. The molecule has 2 rings (SSSR count). The summed E-state index contributed by atoms with van der Waals surface area (Å²) in [7, 11) is 1.44. The average Bonchev–Trinajstić information content (AvgIpc) is 2.68. The second-order valence-electron chi connectivity index (χ2n) is 6.32. The fourth-order valence-electron chi connectivity index (χ4n) is 2.94. The predicted molar refractivity (Wildman–Crippen MR) is 103 cm³/mol. The highest BCUT2D eigenvalue weighted by Gasteiger charge is 2.11. The highest BCUT2D eigenvalue weighted by atomic mass is 16.5. The summed E-state index contributed by atoms with van der Waals surface area (Å²) in [5.41, 5.74) is 3.79. The van der Waals surface area contributed by atoms with Gasteiger partial charge in [0, 0.05) is 12.5 Å². The van der Waals surface area contributed by atoms with Gasteiger partial charge in [0.2, 0.25) is 0 Å². The van der Waals surface area contributed by atoms with E-state index in [1.54, 1.807) is 0 Å². The fraction of sp³-hybridized carbons (Fsp3) is 0.409. The quantitative estimate of drug-likeness (QED) is 0.482. The van der Waals surface area contributed by atoms with Crippen molar-refractivity contribution in [3.05, 3.63) is 60.2 Å². The maximum Gasteiger partial charge on any atom is 0.305 e. The number of rotatable bonds is 10. The first-order valence-corrected chi connectivity index (χ1v) is 9.20. The molecule has 0 saturated carbocycles. The summed E-state index contributed by atoms with van der Waals surface area (Å²) in [6, 6.07) is 19.6. The van der Waals surface area contributed by atoms with Crippen molar-refractivity contribution >= 4 is 5.97 Å². The number of nitrogens with one attached hydrogen (secondary N) is 1. The van der Waals surface area contributed by atoms with Crippen LogP contribution in [0.3, 0.4) is 0 Å². The van der Waals surface area contributed by atoms with Crippen LogP contribution < -0.4 is 5.32 Å². The van der Waals surface area contributed by atoms with Gasteiger partial charge < -0.3 is 10.1 Å². The number of methoxy groups -OCH3 is 1. The number of benzene rings is 2. The zero-order chi connectivity index (χ0) is 17.9. The Morgan fingerprint density at radius 2 is 1.68 bits per heavy atom. The molecular weight excluding hydrogens is 310 g/mol. The zero-order valence-corrected chi connectivity index (χ0v) is 15.3. The van der Waals surface area contributed by atoms with Crippen LogP contribution in [0.4, 0.5) is 0 Å². The van der Waals surface area contributed by atoms with Crippen molar-refractivity contribution in [1.82, 2.24) is 5.32 Å². The van der Waals surface area contributed by atoms with Gasteiger partial charge >= 0.3 is 5.97 Å². The van der Waals surface area contributed by atoms with E-state index < -0.39 is 0 Å². The standard InChI is InChI=1S/C22H29NO2/c1-3-4-11-21(23-17-8-12-22(24)25-2)20-15-13-19(14-16-20)18-9-6-5-7-10-18/h5-7,9-10,13-16,21,23H,3-4,8,11-12,17H2,1-2H3. The molecule has 0 aliphatic carbocycles. The number of hydrogen-bond acceptors (Lipinski definition) is 3. The minimum atomic E-state index is -0.140. The van der Waals surface area contributed by atoms with Gasteiger partial charge in [0.1, 0.15) is 0 Å². The van der Waals surface area contributed by atoms with Crippen LogP contribution in [0, 0.1) is 0 Å². The molecule has 0 amide bonds. The minimum Gasteiger partial charge on any atom is -0.469 e. The molecule has 3 heteroatoms. The molecule has 0 saturated heterocycles. The summed E-state index contributed by atoms with van der Waals surface area (Å²) >= 11 is 0. The Morgan fingerprint density at radius 1 is 1.00 bits per heavy atom. The molecule has 0 heterocycles. The Labute approximate surface area is 151 Å². The van der Waals surface area contributed by atoms with Crippen molar-refractivity contribution in [3.8, 4) is 11.1 Å². The third-order valence-electron chi connectivity index (χ3n) is 4.44. The normalized spacial score (nSPS) is 11.9. The van der Waals surface area contributed by atoms with Crippen LogP contribution in [0.2, 0.25) is 0 Å². The van der Waals surface area contributed by atoms with Crippen LogP contribution in [0.5, 0.6) is 0 Å². The van der Waals surface area contributed by atoms with Gasteiger partial charge in [-0.2, -0.15) is 0 Å². The molecule has 1 N–H and O–H groups in total. The van der Waals surface area contributed by atoms with Gasteiger partial charge in [-0.3, -0.25) is 4.79 Å². The largest absolute Gasteiger partial charge is 0.469 e. The molecule has 0 spiro atoms. The summed E-state index contributed by atoms with van der Waals surface area (Å²) in [5.74, 6) is -0.140. The van der Waals surface area contributed by atoms with E-state index in [2.05, 4.69) is 60.8 Å². The van der Waals surface area contributed by atoms with Crippen LogP contribution in [0.15, 0.2) is 54.6 Å². The van der Waals surface area contributed by atoms with Gasteiger partial charge in [0.25, 0.3) is 0 Å². The van der Waals surface area contributed by atoms with Gasteiger partial charge in [-0.05, 0) is 36.1 Å². The molecule has 3 nitrogen and oxygen atoms in total. The first kappa shape index (κ1) is 19.2. The summed E-state index contributed by atoms with van der Waals surface area (Å²) in [5, 5.41) is 3.60. The third-order valence-corrected chi connectivity index (χ3v) is 4.44. The molecule has 0 fully saturated rings. The number of carbonyl (C=O) groups is 1. The molecule has 0 aromatic heterocycles. The summed E-state index contributed by atoms with van der Waals surface area (Å²) in [6.45, 7) is 3.04. The SMILES string of the molecule is CCCCC(NCCCC(=O)OC)c1ccc(-c2ccccc2)cc1. The number of unbranched alkanes of at least 4 members (excludes halogenated alkanes) is 1. The van der Waals surface area contributed by atoms with Crippen molar-refractivity contribution in [1.29, 1.82) is 0 Å². The predicted octanol–water partition coefficient (Wildman–Crippen LogP) is 5.13. The maximum atomic E-state index is 11.2. The van der Waals surface area contributed by atoms with Crippen molar-refractivity contribution in [2.24, 2.45) is 0 Å². The van der Waals surface area contributed by atoms with Gasteiger partial charge in [-0.25, -0.2) is 0 Å². The van der Waals surface area contributed by atoms with E-state index in [9.17, 15) is 4.79 Å². The maximum absolute atomic E-state index is 11.2. The fourth-order valence-corrected chi connectivity index (χ4v) is 2.94. The lowest BCUT2D eigenvalue weighted by Gasteiger charge is -2.19. The molecule has 1 unspecified atom stereocenters. The minimum absolute atomic E-state index is 0.140. The zero-order valence-electron chi connectivity index (χ0n) is 15.3. The molecule has 2 aromatic carbocycles.